The summed E-state index contributed by atoms with van der Waals surface area (Å²) in [5.41, 5.74) is 8.72. The minimum atomic E-state index is 0.402. The molecule has 0 heterocycles. The highest BCUT2D eigenvalue weighted by Crippen LogP contribution is 2.38. The summed E-state index contributed by atoms with van der Waals surface area (Å²) in [5, 5.41) is 2.49. The van der Waals surface area contributed by atoms with Crippen LogP contribution in [-0.2, 0) is 0 Å². The number of allylic oxidation sites excluding steroid dienone is 14. The fourth-order valence-electron chi connectivity index (χ4n) is 6.89. The van der Waals surface area contributed by atoms with Crippen molar-refractivity contribution >= 4 is 41.3 Å². The zero-order valence-electron chi connectivity index (χ0n) is 27.4. The number of nitrogens with zero attached hydrogens (tertiary/aromatic N) is 2. The fraction of sp³-hybridized carbons (Fsp3) is 0.156. The maximum absolute atomic E-state index is 5.66. The molecule has 2 unspecified atom stereocenters. The largest absolute Gasteiger partial charge is 0.342 e. The molecule has 0 spiro atoms. The summed E-state index contributed by atoms with van der Waals surface area (Å²) in [4.78, 5) is 4.83. The maximum atomic E-state index is 5.66. The molecular formula is C45H41BN2. The van der Waals surface area contributed by atoms with Crippen molar-refractivity contribution in [3.63, 3.8) is 0 Å². The van der Waals surface area contributed by atoms with Crippen LogP contribution in [0.15, 0.2) is 187 Å². The molecule has 0 N–H and O–H groups in total. The van der Waals surface area contributed by atoms with E-state index in [0.717, 1.165) is 42.9 Å². The normalized spacial score (nSPS) is 18.8. The Balaban J connectivity index is 1.17. The first kappa shape index (κ1) is 31.3. The maximum Gasteiger partial charge on any atom is 0.0708 e. The molecule has 4 aromatic rings. The first-order chi connectivity index (χ1) is 23.8. The van der Waals surface area contributed by atoms with Crippen LogP contribution >= 0.6 is 0 Å². The summed E-state index contributed by atoms with van der Waals surface area (Å²) < 4.78 is 0. The molecule has 0 fully saturated rings. The van der Waals surface area contributed by atoms with E-state index < -0.39 is 0 Å². The van der Waals surface area contributed by atoms with E-state index in [0.29, 0.717) is 18.2 Å². The molecule has 0 aliphatic heterocycles. The van der Waals surface area contributed by atoms with Gasteiger partial charge in [0.05, 0.1) is 7.85 Å². The van der Waals surface area contributed by atoms with Gasteiger partial charge in [0, 0.05) is 46.8 Å². The molecule has 7 rings (SSSR count). The number of hydrogen-bond acceptors (Lipinski definition) is 2. The van der Waals surface area contributed by atoms with Gasteiger partial charge in [-0.25, -0.2) is 0 Å². The molecule has 0 amide bonds. The number of fused-ring (bicyclic) bond motifs is 2. The molecule has 4 aromatic carbocycles. The van der Waals surface area contributed by atoms with Gasteiger partial charge in [-0.3, -0.25) is 0 Å². The Bertz CT molecular complexity index is 1970. The van der Waals surface area contributed by atoms with Crippen LogP contribution in [0.4, 0.5) is 17.1 Å². The Morgan fingerprint density at radius 1 is 0.667 bits per heavy atom. The van der Waals surface area contributed by atoms with Crippen LogP contribution in [0.2, 0.25) is 6.32 Å². The summed E-state index contributed by atoms with van der Waals surface area (Å²) in [6.07, 6.45) is 32.8. The first-order valence-electron chi connectivity index (χ1n) is 17.2. The lowest BCUT2D eigenvalue weighted by atomic mass is 9.84. The van der Waals surface area contributed by atoms with E-state index in [2.05, 4.69) is 174 Å². The molecule has 0 bridgehead atoms. The van der Waals surface area contributed by atoms with Crippen molar-refractivity contribution in [2.24, 2.45) is 11.8 Å². The monoisotopic (exact) mass is 620 g/mol. The second kappa shape index (κ2) is 15.1. The fourth-order valence-corrected chi connectivity index (χ4v) is 6.89. The van der Waals surface area contributed by atoms with Crippen LogP contribution in [0.3, 0.4) is 0 Å². The van der Waals surface area contributed by atoms with Gasteiger partial charge >= 0.3 is 0 Å². The van der Waals surface area contributed by atoms with Gasteiger partial charge in [0.2, 0.25) is 0 Å². The molecule has 2 nitrogen and oxygen atoms in total. The molecule has 0 saturated heterocycles. The van der Waals surface area contributed by atoms with Crippen molar-refractivity contribution < 1.29 is 0 Å². The van der Waals surface area contributed by atoms with Gasteiger partial charge in [0.1, 0.15) is 0 Å². The summed E-state index contributed by atoms with van der Waals surface area (Å²) in [5.74, 6) is 0.847. The third-order valence-corrected chi connectivity index (χ3v) is 9.40. The SMILES string of the molecule is [B]C/C=C\C=C/CN(C1=CC2C=CC=CC2C=C1)C1=CC=C(c2ccc(N(c3ccccc3)c3ccc4ccccc4c3)cc2)CCC1. The Kier molecular flexibility index (Phi) is 9.85. The zero-order valence-corrected chi connectivity index (χ0v) is 27.4. The van der Waals surface area contributed by atoms with E-state index in [1.165, 1.54) is 33.3 Å². The highest BCUT2D eigenvalue weighted by Gasteiger charge is 2.22. The predicted molar refractivity (Wildman–Crippen MR) is 207 cm³/mol. The number of anilines is 3. The lowest BCUT2D eigenvalue weighted by Gasteiger charge is -2.32. The Hall–Kier alpha value is -5.28. The van der Waals surface area contributed by atoms with Crippen LogP contribution in [-0.4, -0.2) is 19.3 Å². The van der Waals surface area contributed by atoms with E-state index in [9.17, 15) is 0 Å². The average Bonchev–Trinajstić information content (AvgIpc) is 3.40. The van der Waals surface area contributed by atoms with Crippen molar-refractivity contribution in [3.05, 3.63) is 193 Å². The molecular weight excluding hydrogens is 579 g/mol. The second-order valence-electron chi connectivity index (χ2n) is 12.5. The third-order valence-electron chi connectivity index (χ3n) is 9.40. The number of para-hydroxylation sites is 1. The summed E-state index contributed by atoms with van der Waals surface area (Å²) in [7, 11) is 5.66. The molecule has 2 atom stereocenters. The Labute approximate surface area is 287 Å². The molecule has 0 saturated carbocycles. The number of hydrogen-bond donors (Lipinski definition) is 0. The molecule has 234 valence electrons. The first-order valence-corrected chi connectivity index (χ1v) is 17.2. The van der Waals surface area contributed by atoms with Crippen molar-refractivity contribution in [2.75, 3.05) is 11.4 Å². The molecule has 0 aromatic heterocycles. The van der Waals surface area contributed by atoms with E-state index in [1.807, 2.05) is 12.2 Å². The number of benzene rings is 4. The summed E-state index contributed by atoms with van der Waals surface area (Å²) in [6, 6.07) is 35.0. The van der Waals surface area contributed by atoms with E-state index in [1.54, 1.807) is 0 Å². The zero-order chi connectivity index (χ0) is 32.5. The van der Waals surface area contributed by atoms with Crippen LogP contribution in [0.25, 0.3) is 16.3 Å². The van der Waals surface area contributed by atoms with Gasteiger partial charge in [0.25, 0.3) is 0 Å². The third kappa shape index (κ3) is 7.16. The quantitative estimate of drug-likeness (QED) is 0.129. The Morgan fingerprint density at radius 2 is 1.40 bits per heavy atom. The van der Waals surface area contributed by atoms with Gasteiger partial charge in [-0.2, -0.15) is 0 Å². The van der Waals surface area contributed by atoms with Crippen LogP contribution in [0, 0.1) is 11.8 Å². The molecule has 2 radical (unpaired) electrons. The highest BCUT2D eigenvalue weighted by molar-refractivity contribution is 6.09. The lowest BCUT2D eigenvalue weighted by molar-refractivity contribution is 0.449. The second-order valence-corrected chi connectivity index (χ2v) is 12.5. The van der Waals surface area contributed by atoms with Gasteiger partial charge in [0.15, 0.2) is 0 Å². The predicted octanol–water partition coefficient (Wildman–Crippen LogP) is 11.6. The van der Waals surface area contributed by atoms with Crippen LogP contribution < -0.4 is 4.90 Å². The Morgan fingerprint density at radius 3 is 2.23 bits per heavy atom. The van der Waals surface area contributed by atoms with E-state index >= 15 is 0 Å². The molecule has 3 aliphatic rings. The van der Waals surface area contributed by atoms with Crippen molar-refractivity contribution in [2.45, 2.75) is 25.6 Å². The topological polar surface area (TPSA) is 6.48 Å². The standard InChI is InChI=1S/C45H41BN2/c46-31-10-1-2-11-32-47(44-29-24-36-13-6-8-15-39(36)33-44)41-20-12-17-35(21-26-41)38-22-27-43(28-23-38)48(42-18-4-3-5-19-42)45-30-25-37-14-7-9-16-40(37)34-45/h1-11,13-16,18-19,21-30,33-34,36,39H,12,17,20,31-32H2/b10-1-,11-2-. The van der Waals surface area contributed by atoms with Crippen LogP contribution in [0.5, 0.6) is 0 Å². The smallest absolute Gasteiger partial charge is 0.0708 e. The number of rotatable bonds is 10. The van der Waals surface area contributed by atoms with Gasteiger partial charge in [-0.15, -0.1) is 0 Å². The summed E-state index contributed by atoms with van der Waals surface area (Å²) in [6.45, 7) is 0.815. The van der Waals surface area contributed by atoms with Gasteiger partial charge in [-0.1, -0.05) is 134 Å². The van der Waals surface area contributed by atoms with Crippen molar-refractivity contribution in [3.8, 4) is 0 Å². The van der Waals surface area contributed by atoms with E-state index in [4.69, 9.17) is 7.85 Å². The lowest BCUT2D eigenvalue weighted by Crippen LogP contribution is -2.25. The highest BCUT2D eigenvalue weighted by atomic mass is 15.1. The van der Waals surface area contributed by atoms with Gasteiger partial charge < -0.3 is 9.80 Å². The van der Waals surface area contributed by atoms with Crippen molar-refractivity contribution in [1.29, 1.82) is 0 Å². The van der Waals surface area contributed by atoms with Gasteiger partial charge in [-0.05, 0) is 89.7 Å². The molecule has 48 heavy (non-hydrogen) atoms. The van der Waals surface area contributed by atoms with E-state index in [-0.39, 0.29) is 0 Å². The average molecular weight is 621 g/mol. The minimum absolute atomic E-state index is 0.402. The summed E-state index contributed by atoms with van der Waals surface area (Å²) >= 11 is 0. The minimum Gasteiger partial charge on any atom is -0.342 e. The van der Waals surface area contributed by atoms with Crippen LogP contribution in [0.1, 0.15) is 24.8 Å². The molecule has 3 heteroatoms. The molecule has 3 aliphatic carbocycles. The van der Waals surface area contributed by atoms with Crippen molar-refractivity contribution in [1.82, 2.24) is 4.90 Å².